The molecule has 0 heterocycles. The Morgan fingerprint density at radius 3 is 1.02 bits per heavy atom. The van der Waals surface area contributed by atoms with Crippen molar-refractivity contribution in [1.82, 2.24) is 0 Å². The second kappa shape index (κ2) is 44.4. The Morgan fingerprint density at radius 2 is 0.703 bits per heavy atom. The zero-order valence-corrected chi connectivity index (χ0v) is 42.4. The monoisotopic (exact) mass is 915 g/mol. The number of carbonyl (C=O) groups excluding carboxylic acids is 2. The van der Waals surface area contributed by atoms with E-state index in [4.69, 9.17) is 9.47 Å². The van der Waals surface area contributed by atoms with Gasteiger partial charge in [-0.15, -0.1) is 0 Å². The number of hydrogen-bond acceptors (Lipinski definition) is 6. The molecule has 0 aliphatic carbocycles. The first-order valence-corrected chi connectivity index (χ1v) is 28.5. The third-order valence-electron chi connectivity index (χ3n) is 12.5. The van der Waals surface area contributed by atoms with Crippen LogP contribution in [0.3, 0.4) is 0 Å². The van der Waals surface area contributed by atoms with Crippen molar-refractivity contribution in [2.75, 3.05) is 13.2 Å². The smallest absolute Gasteiger partial charge is 0.340 e. The van der Waals surface area contributed by atoms with Crippen LogP contribution in [0.2, 0.25) is 0 Å². The molecule has 0 unspecified atom stereocenters. The van der Waals surface area contributed by atoms with Crippen LogP contribution >= 0.6 is 0 Å². The summed E-state index contributed by atoms with van der Waals surface area (Å²) in [6.07, 6.45) is 59.3. The zero-order chi connectivity index (χ0) is 46.4. The molecule has 0 fully saturated rings. The number of benzene rings is 1. The Balaban J connectivity index is 2.13. The first-order valence-electron chi connectivity index (χ1n) is 27.1. The Labute approximate surface area is 394 Å². The average molecular weight is 915 g/mol. The van der Waals surface area contributed by atoms with Crippen LogP contribution < -0.4 is 0 Å². The standard InChI is InChI=1S/C56H98O7S/c1-3-5-7-9-11-13-15-17-19-21-23-25-27-29-31-33-35-37-39-41-43-45-50-62-55(57)52-48-47-49-53(64(59,60)61)54(52)56(58)63-51-46-44-42-40-38-36-34-32-30-28-26-24-22-20-18-16-14-12-10-8-6-4-2/h29-32,47-49H,3-28,33-46,50-51H2,1-2H3,(H,59,60,61)/b31-29+,32-30+. The predicted octanol–water partition coefficient (Wildman–Crippen LogP) is 18.0. The maximum Gasteiger partial charge on any atom is 0.340 e. The molecule has 0 aliphatic rings. The molecule has 1 aromatic rings. The summed E-state index contributed by atoms with van der Waals surface area (Å²) in [6.45, 7) is 4.82. The van der Waals surface area contributed by atoms with Crippen molar-refractivity contribution >= 4 is 22.1 Å². The lowest BCUT2D eigenvalue weighted by Gasteiger charge is -2.13. The maximum atomic E-state index is 13.1. The van der Waals surface area contributed by atoms with Crippen LogP contribution in [-0.4, -0.2) is 38.1 Å². The lowest BCUT2D eigenvalue weighted by molar-refractivity contribution is 0.0446. The molecule has 7 nitrogen and oxygen atoms in total. The van der Waals surface area contributed by atoms with E-state index in [2.05, 4.69) is 38.2 Å². The third-order valence-corrected chi connectivity index (χ3v) is 13.4. The van der Waals surface area contributed by atoms with Crippen LogP contribution in [0.25, 0.3) is 0 Å². The molecule has 0 amide bonds. The van der Waals surface area contributed by atoms with Crippen molar-refractivity contribution < 1.29 is 32.0 Å². The number of esters is 2. The topological polar surface area (TPSA) is 107 Å². The van der Waals surface area contributed by atoms with Crippen molar-refractivity contribution in [1.29, 1.82) is 0 Å². The van der Waals surface area contributed by atoms with E-state index in [0.29, 0.717) is 12.8 Å². The first-order chi connectivity index (χ1) is 31.3. The number of hydrogen-bond donors (Lipinski definition) is 1. The fourth-order valence-corrected chi connectivity index (χ4v) is 9.13. The summed E-state index contributed by atoms with van der Waals surface area (Å²) in [5.74, 6) is -1.75. The minimum absolute atomic E-state index is 0.102. The van der Waals surface area contributed by atoms with Crippen molar-refractivity contribution in [3.63, 3.8) is 0 Å². The van der Waals surface area contributed by atoms with E-state index in [0.717, 1.165) is 63.9 Å². The summed E-state index contributed by atoms with van der Waals surface area (Å²) in [6, 6.07) is 3.77. The summed E-state index contributed by atoms with van der Waals surface area (Å²) in [7, 11) is -4.78. The lowest BCUT2D eigenvalue weighted by atomic mass is 10.0. The van der Waals surface area contributed by atoms with Gasteiger partial charge in [-0.3, -0.25) is 4.55 Å². The minimum atomic E-state index is -4.78. The van der Waals surface area contributed by atoms with Gasteiger partial charge in [0.15, 0.2) is 0 Å². The molecular weight excluding hydrogens is 817 g/mol. The van der Waals surface area contributed by atoms with Gasteiger partial charge < -0.3 is 9.47 Å². The summed E-state index contributed by atoms with van der Waals surface area (Å²) in [5, 5.41) is 0. The fourth-order valence-electron chi connectivity index (χ4n) is 8.43. The molecule has 0 saturated carbocycles. The maximum absolute atomic E-state index is 13.1. The molecule has 0 atom stereocenters. The molecule has 0 saturated heterocycles. The highest BCUT2D eigenvalue weighted by Gasteiger charge is 2.28. The molecule has 8 heteroatoms. The molecular formula is C56H98O7S. The van der Waals surface area contributed by atoms with E-state index in [1.807, 2.05) is 0 Å². The minimum Gasteiger partial charge on any atom is -0.462 e. The number of rotatable bonds is 47. The highest BCUT2D eigenvalue weighted by molar-refractivity contribution is 7.86. The Hall–Kier alpha value is -2.45. The van der Waals surface area contributed by atoms with Crippen LogP contribution in [0.5, 0.6) is 0 Å². The van der Waals surface area contributed by atoms with E-state index < -0.39 is 32.5 Å². The van der Waals surface area contributed by atoms with Gasteiger partial charge in [0.05, 0.1) is 24.3 Å². The van der Waals surface area contributed by atoms with Crippen LogP contribution in [0.15, 0.2) is 47.4 Å². The van der Waals surface area contributed by atoms with Crippen molar-refractivity contribution in [3.8, 4) is 0 Å². The van der Waals surface area contributed by atoms with Gasteiger partial charge in [-0.2, -0.15) is 8.42 Å². The number of allylic oxidation sites excluding steroid dienone is 4. The van der Waals surface area contributed by atoms with E-state index in [1.54, 1.807) is 0 Å². The van der Waals surface area contributed by atoms with Gasteiger partial charge in [0.2, 0.25) is 0 Å². The summed E-state index contributed by atoms with van der Waals surface area (Å²) >= 11 is 0. The SMILES string of the molecule is CCCCCCCCCCCCCC/C=C/CCCCCCCCOC(=O)c1cccc(S(=O)(=O)O)c1C(=O)OCCCCCCCC/C=C/CCCCCCCCCCCCCC. The Bertz CT molecular complexity index is 1400. The van der Waals surface area contributed by atoms with E-state index >= 15 is 0 Å². The quantitative estimate of drug-likeness (QED) is 0.0300. The predicted molar refractivity (Wildman–Crippen MR) is 271 cm³/mol. The molecule has 0 aromatic heterocycles. The van der Waals surface area contributed by atoms with Crippen LogP contribution in [0.1, 0.15) is 291 Å². The molecule has 370 valence electrons. The normalized spacial score (nSPS) is 11.9. The third kappa shape index (κ3) is 35.8. The van der Waals surface area contributed by atoms with Crippen molar-refractivity contribution in [2.45, 2.75) is 276 Å². The number of carbonyl (C=O) groups is 2. The molecule has 1 aromatic carbocycles. The number of unbranched alkanes of at least 4 members (excludes halogenated alkanes) is 36. The summed E-state index contributed by atoms with van der Waals surface area (Å²) < 4.78 is 45.1. The molecule has 0 radical (unpaired) electrons. The van der Waals surface area contributed by atoms with E-state index in [-0.39, 0.29) is 18.8 Å². The second-order valence-electron chi connectivity index (χ2n) is 18.5. The van der Waals surface area contributed by atoms with Gasteiger partial charge in [0, 0.05) is 0 Å². The second-order valence-corrected chi connectivity index (χ2v) is 19.9. The molecule has 0 aliphatic heterocycles. The first kappa shape index (κ1) is 59.6. The van der Waals surface area contributed by atoms with E-state index in [9.17, 15) is 22.6 Å². The van der Waals surface area contributed by atoms with Gasteiger partial charge in [0.1, 0.15) is 4.90 Å². The molecule has 0 spiro atoms. The van der Waals surface area contributed by atoms with E-state index in [1.165, 1.54) is 198 Å². The lowest BCUT2D eigenvalue weighted by Crippen LogP contribution is -2.19. The number of ether oxygens (including phenoxy) is 2. The van der Waals surface area contributed by atoms with Crippen molar-refractivity contribution in [3.05, 3.63) is 53.6 Å². The van der Waals surface area contributed by atoms with Crippen molar-refractivity contribution in [2.24, 2.45) is 0 Å². The highest BCUT2D eigenvalue weighted by atomic mass is 32.2. The van der Waals surface area contributed by atoms with Gasteiger partial charge in [0.25, 0.3) is 10.1 Å². The fraction of sp³-hybridized carbons (Fsp3) is 0.786. The molecule has 64 heavy (non-hydrogen) atoms. The summed E-state index contributed by atoms with van der Waals surface area (Å²) in [5.41, 5.74) is -0.680. The molecule has 1 N–H and O–H groups in total. The largest absolute Gasteiger partial charge is 0.462 e. The summed E-state index contributed by atoms with van der Waals surface area (Å²) in [4.78, 5) is 25.5. The van der Waals surface area contributed by atoms with Crippen LogP contribution in [0, 0.1) is 0 Å². The molecule has 1 rings (SSSR count). The van der Waals surface area contributed by atoms with Gasteiger partial charge in [-0.25, -0.2) is 9.59 Å². The Kier molecular flexibility index (Phi) is 41.3. The van der Waals surface area contributed by atoms with Gasteiger partial charge >= 0.3 is 11.9 Å². The van der Waals surface area contributed by atoms with Gasteiger partial charge in [-0.05, 0) is 76.3 Å². The average Bonchev–Trinajstić information content (AvgIpc) is 3.28. The zero-order valence-electron chi connectivity index (χ0n) is 41.5. The van der Waals surface area contributed by atoms with Crippen LogP contribution in [-0.2, 0) is 19.6 Å². The Morgan fingerprint density at radius 1 is 0.422 bits per heavy atom. The highest BCUT2D eigenvalue weighted by Crippen LogP contribution is 2.23. The molecule has 0 bridgehead atoms. The van der Waals surface area contributed by atoms with Gasteiger partial charge in [-0.1, -0.05) is 237 Å². The van der Waals surface area contributed by atoms with Crippen LogP contribution in [0.4, 0.5) is 0 Å².